The second kappa shape index (κ2) is 10.9. The molecule has 0 nitrogen and oxygen atoms in total. The summed E-state index contributed by atoms with van der Waals surface area (Å²) in [6.07, 6.45) is 10.7. The molecule has 20 heavy (non-hydrogen) atoms. The molecular formula is C18H27S2. The molecule has 0 rings (SSSR count). The van der Waals surface area contributed by atoms with Crippen LogP contribution in [0.4, 0.5) is 0 Å². The van der Waals surface area contributed by atoms with Gasteiger partial charge >= 0.3 is 0 Å². The van der Waals surface area contributed by atoms with E-state index in [0.717, 1.165) is 35.0 Å². The van der Waals surface area contributed by atoms with Crippen molar-refractivity contribution >= 4 is 21.8 Å². The van der Waals surface area contributed by atoms with E-state index in [1.807, 2.05) is 42.1 Å². The largest absolute Gasteiger partial charge is 0.210 e. The Labute approximate surface area is 131 Å². The SMILES string of the molecule is C=CCS[C](C(=C)CC=C)S(CC=C)(CC=C)CC=C. The molecule has 0 unspecified atom stereocenters. The van der Waals surface area contributed by atoms with Gasteiger partial charge in [0, 0.05) is 5.75 Å². The van der Waals surface area contributed by atoms with Crippen molar-refractivity contribution in [1.82, 2.24) is 0 Å². The quantitative estimate of drug-likeness (QED) is 0.382. The Morgan fingerprint density at radius 3 is 1.65 bits per heavy atom. The van der Waals surface area contributed by atoms with Crippen LogP contribution in [-0.2, 0) is 0 Å². The van der Waals surface area contributed by atoms with E-state index in [-0.39, 0.29) is 0 Å². The minimum Gasteiger partial charge on any atom is -0.210 e. The third-order valence-electron chi connectivity index (χ3n) is 2.72. The minimum absolute atomic E-state index is 0.819. The van der Waals surface area contributed by atoms with Crippen molar-refractivity contribution in [3.8, 4) is 0 Å². The van der Waals surface area contributed by atoms with Gasteiger partial charge < -0.3 is 0 Å². The molecule has 0 N–H and O–H groups in total. The molecule has 0 aliphatic carbocycles. The average molecular weight is 308 g/mol. The zero-order valence-electron chi connectivity index (χ0n) is 12.5. The van der Waals surface area contributed by atoms with E-state index in [9.17, 15) is 0 Å². The number of rotatable bonds is 13. The first kappa shape index (κ1) is 19.1. The van der Waals surface area contributed by atoms with Gasteiger partial charge in [-0.05, 0) is 29.3 Å². The molecule has 0 bridgehead atoms. The van der Waals surface area contributed by atoms with Crippen molar-refractivity contribution < 1.29 is 0 Å². The van der Waals surface area contributed by atoms with E-state index in [1.54, 1.807) is 0 Å². The van der Waals surface area contributed by atoms with E-state index in [0.29, 0.717) is 0 Å². The molecule has 0 amide bonds. The number of hydrogen-bond donors (Lipinski definition) is 0. The van der Waals surface area contributed by atoms with Gasteiger partial charge in [0.05, 0.1) is 4.58 Å². The molecule has 0 aliphatic rings. The zero-order valence-corrected chi connectivity index (χ0v) is 14.1. The van der Waals surface area contributed by atoms with Crippen LogP contribution in [0.15, 0.2) is 75.4 Å². The van der Waals surface area contributed by atoms with Crippen LogP contribution in [0.1, 0.15) is 6.42 Å². The summed E-state index contributed by atoms with van der Waals surface area (Å²) in [5, 5.41) is 0. The summed E-state index contributed by atoms with van der Waals surface area (Å²) in [6.45, 7) is 23.7. The third kappa shape index (κ3) is 5.64. The van der Waals surface area contributed by atoms with Crippen LogP contribution in [0.5, 0.6) is 0 Å². The molecule has 111 valence electrons. The smallest absolute Gasteiger partial charge is 0.0945 e. The Balaban J connectivity index is 5.52. The summed E-state index contributed by atoms with van der Waals surface area (Å²) in [4.78, 5) is 0. The first-order valence-corrected chi connectivity index (χ1v) is 9.73. The first-order valence-electron chi connectivity index (χ1n) is 6.60. The summed E-state index contributed by atoms with van der Waals surface area (Å²) in [7, 11) is -1.05. The summed E-state index contributed by atoms with van der Waals surface area (Å²) in [5.41, 5.74) is 1.16. The van der Waals surface area contributed by atoms with Gasteiger partial charge in [-0.25, -0.2) is 10.0 Å². The molecular weight excluding hydrogens is 280 g/mol. The van der Waals surface area contributed by atoms with Crippen LogP contribution in [0, 0.1) is 4.58 Å². The van der Waals surface area contributed by atoms with Gasteiger partial charge in [0.25, 0.3) is 0 Å². The Morgan fingerprint density at radius 1 is 0.800 bits per heavy atom. The standard InChI is InChI=1S/C18H27S2/c1-7-12-17(6)18(19-13-8-2)20(14-9-3,15-10-4)16-11-5/h7-11H,1-6,12-16H2. The highest BCUT2D eigenvalue weighted by atomic mass is 32.3. The lowest BCUT2D eigenvalue weighted by molar-refractivity contribution is 1.27. The van der Waals surface area contributed by atoms with Gasteiger partial charge in [-0.15, -0.1) is 44.7 Å². The number of thioether (sulfide) groups is 1. The van der Waals surface area contributed by atoms with Crippen molar-refractivity contribution in [2.45, 2.75) is 6.42 Å². The molecule has 0 aromatic heterocycles. The number of hydrogen-bond acceptors (Lipinski definition) is 1. The lowest BCUT2D eigenvalue weighted by Crippen LogP contribution is -2.18. The highest BCUT2D eigenvalue weighted by Gasteiger charge is 2.33. The lowest BCUT2D eigenvalue weighted by Gasteiger charge is -2.44. The van der Waals surface area contributed by atoms with Crippen LogP contribution in [0.2, 0.25) is 0 Å². The second-order valence-electron chi connectivity index (χ2n) is 4.39. The molecule has 0 saturated carbocycles. The molecule has 0 aliphatic heterocycles. The van der Waals surface area contributed by atoms with Crippen LogP contribution in [0.25, 0.3) is 0 Å². The Bertz CT molecular complexity index is 339. The van der Waals surface area contributed by atoms with E-state index in [1.165, 1.54) is 4.58 Å². The summed E-state index contributed by atoms with van der Waals surface area (Å²) in [5.74, 6) is 3.81. The van der Waals surface area contributed by atoms with Crippen LogP contribution in [0.3, 0.4) is 0 Å². The average Bonchev–Trinajstić information content (AvgIpc) is 2.40. The third-order valence-corrected chi connectivity index (χ3v) is 8.78. The maximum Gasteiger partial charge on any atom is 0.0945 e. The highest BCUT2D eigenvalue weighted by molar-refractivity contribution is 8.43. The van der Waals surface area contributed by atoms with Gasteiger partial charge in [-0.2, -0.15) is 0 Å². The Morgan fingerprint density at radius 2 is 1.30 bits per heavy atom. The van der Waals surface area contributed by atoms with Crippen molar-refractivity contribution in [2.75, 3.05) is 23.0 Å². The van der Waals surface area contributed by atoms with Crippen LogP contribution in [-0.4, -0.2) is 23.0 Å². The van der Waals surface area contributed by atoms with E-state index < -0.39 is 10.0 Å². The first-order chi connectivity index (χ1) is 9.61. The van der Waals surface area contributed by atoms with Crippen molar-refractivity contribution in [3.05, 3.63) is 80.0 Å². The second-order valence-corrected chi connectivity index (χ2v) is 9.18. The molecule has 0 fully saturated rings. The summed E-state index contributed by atoms with van der Waals surface area (Å²) in [6, 6.07) is 0. The van der Waals surface area contributed by atoms with Gasteiger partial charge in [0.15, 0.2) is 0 Å². The van der Waals surface area contributed by atoms with Gasteiger partial charge in [0.2, 0.25) is 0 Å². The van der Waals surface area contributed by atoms with Crippen molar-refractivity contribution in [2.24, 2.45) is 0 Å². The summed E-state index contributed by atoms with van der Waals surface area (Å²) < 4.78 is 1.39. The van der Waals surface area contributed by atoms with Crippen LogP contribution >= 0.6 is 21.8 Å². The fourth-order valence-electron chi connectivity index (χ4n) is 2.03. The van der Waals surface area contributed by atoms with Crippen molar-refractivity contribution in [1.29, 1.82) is 0 Å². The van der Waals surface area contributed by atoms with Gasteiger partial charge in [0.1, 0.15) is 0 Å². The molecule has 1 radical (unpaired) electrons. The molecule has 0 saturated heterocycles. The number of allylic oxidation sites excluding steroid dienone is 1. The zero-order chi connectivity index (χ0) is 15.4. The highest BCUT2D eigenvalue weighted by Crippen LogP contribution is 2.64. The fraction of sp³-hybridized carbons (Fsp3) is 0.278. The molecule has 0 aromatic carbocycles. The monoisotopic (exact) mass is 307 g/mol. The summed E-state index contributed by atoms with van der Waals surface area (Å²) >= 11 is 1.84. The molecule has 0 heterocycles. The van der Waals surface area contributed by atoms with Crippen molar-refractivity contribution in [3.63, 3.8) is 0 Å². The predicted octanol–water partition coefficient (Wildman–Crippen LogP) is 5.89. The molecule has 0 spiro atoms. The minimum atomic E-state index is -1.05. The van der Waals surface area contributed by atoms with E-state index >= 15 is 0 Å². The fourth-order valence-corrected chi connectivity index (χ4v) is 7.32. The maximum absolute atomic E-state index is 4.26. The maximum atomic E-state index is 4.26. The van der Waals surface area contributed by atoms with E-state index in [2.05, 4.69) is 39.5 Å². The topological polar surface area (TPSA) is 0 Å². The van der Waals surface area contributed by atoms with Crippen LogP contribution < -0.4 is 0 Å². The van der Waals surface area contributed by atoms with Gasteiger partial charge in [-0.3, -0.25) is 0 Å². The lowest BCUT2D eigenvalue weighted by atomic mass is 10.2. The van der Waals surface area contributed by atoms with E-state index in [4.69, 9.17) is 0 Å². The predicted molar refractivity (Wildman–Crippen MR) is 103 cm³/mol. The Kier molecular flexibility index (Phi) is 10.4. The Hall–Kier alpha value is -0.860. The van der Waals surface area contributed by atoms with Gasteiger partial charge in [-0.1, -0.05) is 37.0 Å². The molecule has 0 aromatic rings. The normalized spacial score (nSPS) is 11.7. The molecule has 2 heteroatoms. The molecule has 0 atom stereocenters.